The first kappa shape index (κ1) is 15.1. The van der Waals surface area contributed by atoms with Crippen molar-refractivity contribution in [2.75, 3.05) is 18.2 Å². The summed E-state index contributed by atoms with van der Waals surface area (Å²) in [6, 6.07) is 14.3. The van der Waals surface area contributed by atoms with Crippen LogP contribution >= 0.6 is 11.8 Å². The lowest BCUT2D eigenvalue weighted by molar-refractivity contribution is -0.113. The number of aldehydes is 1. The summed E-state index contributed by atoms with van der Waals surface area (Å²) in [6.07, 6.45) is 0.793. The van der Waals surface area contributed by atoms with Crippen LogP contribution in [-0.4, -0.2) is 25.1 Å². The summed E-state index contributed by atoms with van der Waals surface area (Å²) in [5.74, 6) is 0.934. The van der Waals surface area contributed by atoms with Crippen LogP contribution in [-0.2, 0) is 4.79 Å². The van der Waals surface area contributed by atoms with Gasteiger partial charge in [-0.25, -0.2) is 0 Å². The molecule has 0 saturated carbocycles. The van der Waals surface area contributed by atoms with Crippen LogP contribution in [0.5, 0.6) is 5.75 Å². The number of anilines is 1. The lowest BCUT2D eigenvalue weighted by Crippen LogP contribution is -2.13. The van der Waals surface area contributed by atoms with Gasteiger partial charge in [0, 0.05) is 16.1 Å². The van der Waals surface area contributed by atoms with Crippen molar-refractivity contribution in [3.63, 3.8) is 0 Å². The highest BCUT2D eigenvalue weighted by molar-refractivity contribution is 8.00. The molecule has 0 heterocycles. The van der Waals surface area contributed by atoms with Crippen molar-refractivity contribution in [2.24, 2.45) is 0 Å². The maximum atomic E-state index is 11.9. The number of benzene rings is 2. The van der Waals surface area contributed by atoms with Crippen molar-refractivity contribution in [3.8, 4) is 5.75 Å². The predicted molar refractivity (Wildman–Crippen MR) is 84.2 cm³/mol. The number of methoxy groups -OCH3 is 1. The van der Waals surface area contributed by atoms with Gasteiger partial charge in [0.2, 0.25) is 5.91 Å². The van der Waals surface area contributed by atoms with Gasteiger partial charge in [-0.3, -0.25) is 9.59 Å². The Bertz CT molecular complexity index is 626. The van der Waals surface area contributed by atoms with Gasteiger partial charge >= 0.3 is 0 Å². The van der Waals surface area contributed by atoms with Gasteiger partial charge in [-0.15, -0.1) is 11.8 Å². The van der Waals surface area contributed by atoms with Crippen LogP contribution in [0.2, 0.25) is 0 Å². The summed E-state index contributed by atoms with van der Waals surface area (Å²) in [5.41, 5.74) is 1.33. The van der Waals surface area contributed by atoms with Crippen LogP contribution in [0.1, 0.15) is 10.4 Å². The second-order valence-corrected chi connectivity index (χ2v) is 5.30. The summed E-state index contributed by atoms with van der Waals surface area (Å²) in [5, 5.41) is 2.81. The number of hydrogen-bond donors (Lipinski definition) is 1. The summed E-state index contributed by atoms with van der Waals surface area (Å²) in [6.45, 7) is 0. The Kier molecular flexibility index (Phi) is 5.40. The van der Waals surface area contributed by atoms with Gasteiger partial charge in [-0.05, 0) is 36.4 Å². The average molecular weight is 301 g/mol. The highest BCUT2D eigenvalue weighted by atomic mass is 32.2. The molecule has 21 heavy (non-hydrogen) atoms. The molecule has 2 aromatic rings. The first-order valence-electron chi connectivity index (χ1n) is 6.33. The smallest absolute Gasteiger partial charge is 0.234 e. The molecular formula is C16H15NO3S. The van der Waals surface area contributed by atoms with Gasteiger partial charge in [0.05, 0.1) is 12.9 Å². The van der Waals surface area contributed by atoms with E-state index in [-0.39, 0.29) is 11.7 Å². The van der Waals surface area contributed by atoms with E-state index >= 15 is 0 Å². The molecule has 0 bridgehead atoms. The molecule has 1 amide bonds. The Balaban J connectivity index is 1.87. The molecule has 0 aliphatic heterocycles. The number of amides is 1. The molecule has 0 radical (unpaired) electrons. The van der Waals surface area contributed by atoms with Crippen molar-refractivity contribution >= 4 is 29.6 Å². The van der Waals surface area contributed by atoms with Gasteiger partial charge in [0.25, 0.3) is 0 Å². The number of rotatable bonds is 6. The Labute approximate surface area is 127 Å². The molecule has 0 aromatic heterocycles. The molecule has 2 rings (SSSR count). The molecular weight excluding hydrogens is 286 g/mol. The molecule has 0 saturated heterocycles. The van der Waals surface area contributed by atoms with Gasteiger partial charge < -0.3 is 10.1 Å². The van der Waals surface area contributed by atoms with Crippen LogP contribution in [0, 0.1) is 0 Å². The van der Waals surface area contributed by atoms with E-state index in [0.29, 0.717) is 5.56 Å². The van der Waals surface area contributed by atoms with Crippen molar-refractivity contribution in [1.82, 2.24) is 0 Å². The van der Waals surface area contributed by atoms with Crippen molar-refractivity contribution in [1.29, 1.82) is 0 Å². The minimum atomic E-state index is -0.0957. The van der Waals surface area contributed by atoms with Crippen LogP contribution in [0.4, 0.5) is 5.69 Å². The van der Waals surface area contributed by atoms with E-state index in [1.54, 1.807) is 49.6 Å². The molecule has 0 aliphatic rings. The summed E-state index contributed by atoms with van der Waals surface area (Å²) in [4.78, 5) is 23.4. The Morgan fingerprint density at radius 3 is 2.67 bits per heavy atom. The molecule has 0 atom stereocenters. The monoisotopic (exact) mass is 301 g/mol. The number of ether oxygens (including phenoxy) is 1. The number of hydrogen-bond acceptors (Lipinski definition) is 4. The Hall–Kier alpha value is -2.27. The normalized spacial score (nSPS) is 9.95. The zero-order valence-electron chi connectivity index (χ0n) is 11.5. The van der Waals surface area contributed by atoms with Crippen LogP contribution < -0.4 is 10.1 Å². The fraction of sp³-hybridized carbons (Fsp3) is 0.125. The van der Waals surface area contributed by atoms with Crippen LogP contribution in [0.3, 0.4) is 0 Å². The zero-order chi connectivity index (χ0) is 15.1. The zero-order valence-corrected chi connectivity index (χ0v) is 12.4. The molecule has 0 unspecified atom stereocenters. The molecule has 5 heteroatoms. The molecule has 2 aromatic carbocycles. The summed E-state index contributed by atoms with van der Waals surface area (Å²) in [7, 11) is 1.59. The van der Waals surface area contributed by atoms with E-state index in [0.717, 1.165) is 22.6 Å². The topological polar surface area (TPSA) is 55.4 Å². The summed E-state index contributed by atoms with van der Waals surface area (Å²) < 4.78 is 5.06. The van der Waals surface area contributed by atoms with E-state index < -0.39 is 0 Å². The second-order valence-electron chi connectivity index (χ2n) is 4.26. The molecule has 108 valence electrons. The maximum Gasteiger partial charge on any atom is 0.234 e. The molecule has 1 N–H and O–H groups in total. The lowest BCUT2D eigenvalue weighted by atomic mass is 10.2. The Morgan fingerprint density at radius 2 is 2.00 bits per heavy atom. The van der Waals surface area contributed by atoms with E-state index in [9.17, 15) is 9.59 Å². The minimum absolute atomic E-state index is 0.0957. The first-order valence-corrected chi connectivity index (χ1v) is 7.32. The number of nitrogens with one attached hydrogen (secondary N) is 1. The average Bonchev–Trinajstić information content (AvgIpc) is 2.54. The largest absolute Gasteiger partial charge is 0.497 e. The third-order valence-corrected chi connectivity index (χ3v) is 3.73. The fourth-order valence-electron chi connectivity index (χ4n) is 1.70. The molecule has 4 nitrogen and oxygen atoms in total. The molecule has 0 spiro atoms. The Morgan fingerprint density at radius 1 is 1.24 bits per heavy atom. The van der Waals surface area contributed by atoms with Gasteiger partial charge in [-0.1, -0.05) is 12.1 Å². The van der Waals surface area contributed by atoms with Crippen molar-refractivity contribution in [3.05, 3.63) is 54.1 Å². The number of thioether (sulfide) groups is 1. The highest BCUT2D eigenvalue weighted by Gasteiger charge is 2.04. The second kappa shape index (κ2) is 7.50. The van der Waals surface area contributed by atoms with E-state index in [1.807, 2.05) is 6.07 Å². The number of carbonyl (C=O) groups is 2. The molecule has 0 fully saturated rings. The summed E-state index contributed by atoms with van der Waals surface area (Å²) >= 11 is 1.39. The van der Waals surface area contributed by atoms with Crippen molar-refractivity contribution < 1.29 is 14.3 Å². The van der Waals surface area contributed by atoms with Gasteiger partial charge in [0.15, 0.2) is 0 Å². The quantitative estimate of drug-likeness (QED) is 0.657. The van der Waals surface area contributed by atoms with E-state index in [2.05, 4.69) is 5.32 Å². The lowest BCUT2D eigenvalue weighted by Gasteiger charge is -2.06. The van der Waals surface area contributed by atoms with Crippen LogP contribution in [0.15, 0.2) is 53.4 Å². The highest BCUT2D eigenvalue weighted by Crippen LogP contribution is 2.20. The van der Waals surface area contributed by atoms with E-state index in [4.69, 9.17) is 4.74 Å². The molecule has 0 aliphatic carbocycles. The minimum Gasteiger partial charge on any atom is -0.497 e. The fourth-order valence-corrected chi connectivity index (χ4v) is 2.46. The van der Waals surface area contributed by atoms with Gasteiger partial charge in [0.1, 0.15) is 12.0 Å². The first-order chi connectivity index (χ1) is 10.2. The van der Waals surface area contributed by atoms with Gasteiger partial charge in [-0.2, -0.15) is 0 Å². The number of carbonyl (C=O) groups excluding carboxylic acids is 2. The predicted octanol–water partition coefficient (Wildman–Crippen LogP) is 3.24. The van der Waals surface area contributed by atoms with E-state index in [1.165, 1.54) is 11.8 Å². The van der Waals surface area contributed by atoms with Crippen molar-refractivity contribution in [2.45, 2.75) is 4.90 Å². The SMILES string of the molecule is COc1ccc(NC(=O)CSc2cccc(C=O)c2)cc1. The third-order valence-electron chi connectivity index (χ3n) is 2.74. The third kappa shape index (κ3) is 4.65. The van der Waals surface area contributed by atoms with Crippen LogP contribution in [0.25, 0.3) is 0 Å². The maximum absolute atomic E-state index is 11.9. The standard InChI is InChI=1S/C16H15NO3S/c1-20-14-7-5-13(6-8-14)17-16(19)11-21-15-4-2-3-12(9-15)10-18/h2-10H,11H2,1H3,(H,17,19).